The van der Waals surface area contributed by atoms with Gasteiger partial charge in [0, 0.05) is 20.3 Å². The zero-order valence-electron chi connectivity index (χ0n) is 9.83. The van der Waals surface area contributed by atoms with Gasteiger partial charge in [0.1, 0.15) is 0 Å². The number of ether oxygens (including phenoxy) is 3. The molecule has 4 heteroatoms. The molecule has 2 unspecified atom stereocenters. The third kappa shape index (κ3) is 5.47. The smallest absolute Gasteiger partial charge is 0.0933 e. The molecule has 0 saturated carbocycles. The van der Waals surface area contributed by atoms with Gasteiger partial charge < -0.3 is 19.5 Å². The maximum Gasteiger partial charge on any atom is 0.0933 e. The van der Waals surface area contributed by atoms with Crippen LogP contribution in [0.15, 0.2) is 0 Å². The summed E-state index contributed by atoms with van der Waals surface area (Å²) in [4.78, 5) is 0. The second-order valence-electron chi connectivity index (χ2n) is 3.85. The molecule has 1 N–H and O–H groups in total. The molecule has 0 aromatic rings. The summed E-state index contributed by atoms with van der Waals surface area (Å²) in [7, 11) is 1.70. The van der Waals surface area contributed by atoms with Crippen LogP contribution in [-0.4, -0.2) is 52.2 Å². The van der Waals surface area contributed by atoms with Gasteiger partial charge in [0.2, 0.25) is 0 Å². The minimum atomic E-state index is 0.138. The first-order chi connectivity index (χ1) is 7.36. The molecule has 2 atom stereocenters. The zero-order chi connectivity index (χ0) is 10.9. The average Bonchev–Trinajstić information content (AvgIpc) is 2.75. The van der Waals surface area contributed by atoms with Gasteiger partial charge in [-0.15, -0.1) is 0 Å². The summed E-state index contributed by atoms with van der Waals surface area (Å²) in [5.41, 5.74) is 0. The van der Waals surface area contributed by atoms with E-state index >= 15 is 0 Å². The normalized spacial score (nSPS) is 23.2. The Balaban J connectivity index is 2.11. The van der Waals surface area contributed by atoms with Crippen molar-refractivity contribution in [3.63, 3.8) is 0 Å². The summed E-state index contributed by atoms with van der Waals surface area (Å²) < 4.78 is 16.4. The molecule has 0 spiro atoms. The first-order valence-electron chi connectivity index (χ1n) is 5.79. The van der Waals surface area contributed by atoms with Crippen molar-refractivity contribution in [2.75, 3.05) is 40.0 Å². The van der Waals surface area contributed by atoms with Gasteiger partial charge in [-0.2, -0.15) is 0 Å². The summed E-state index contributed by atoms with van der Waals surface area (Å²) >= 11 is 0. The van der Waals surface area contributed by atoms with Gasteiger partial charge in [-0.05, 0) is 19.4 Å². The number of methoxy groups -OCH3 is 1. The van der Waals surface area contributed by atoms with Crippen molar-refractivity contribution >= 4 is 0 Å². The highest BCUT2D eigenvalue weighted by Gasteiger charge is 2.18. The molecule has 4 nitrogen and oxygen atoms in total. The van der Waals surface area contributed by atoms with Gasteiger partial charge >= 0.3 is 0 Å². The van der Waals surface area contributed by atoms with E-state index in [4.69, 9.17) is 14.2 Å². The van der Waals surface area contributed by atoms with Crippen LogP contribution in [0.1, 0.15) is 19.8 Å². The average molecular weight is 217 g/mol. The van der Waals surface area contributed by atoms with Gasteiger partial charge in [0.15, 0.2) is 0 Å². The van der Waals surface area contributed by atoms with Crippen molar-refractivity contribution in [3.8, 4) is 0 Å². The molecular weight excluding hydrogens is 194 g/mol. The lowest BCUT2D eigenvalue weighted by Crippen LogP contribution is -2.34. The standard InChI is InChI=1S/C11H23NO3/c1-3-12-7-11(8-13-2)15-9-10-5-4-6-14-10/h10-12H,3-9H2,1-2H3. The van der Waals surface area contributed by atoms with Crippen LogP contribution >= 0.6 is 0 Å². The van der Waals surface area contributed by atoms with Gasteiger partial charge in [0.25, 0.3) is 0 Å². The van der Waals surface area contributed by atoms with E-state index in [1.54, 1.807) is 7.11 Å². The third-order valence-electron chi connectivity index (χ3n) is 2.52. The molecule has 1 aliphatic heterocycles. The summed E-state index contributed by atoms with van der Waals surface area (Å²) in [5.74, 6) is 0. The maximum atomic E-state index is 5.76. The van der Waals surface area contributed by atoms with Gasteiger partial charge in [-0.25, -0.2) is 0 Å². The molecule has 1 aliphatic rings. The largest absolute Gasteiger partial charge is 0.382 e. The molecule has 0 radical (unpaired) electrons. The minimum Gasteiger partial charge on any atom is -0.382 e. The fourth-order valence-electron chi connectivity index (χ4n) is 1.68. The lowest BCUT2D eigenvalue weighted by atomic mass is 10.2. The molecule has 90 valence electrons. The van der Waals surface area contributed by atoms with E-state index in [0.717, 1.165) is 32.5 Å². The molecule has 1 rings (SSSR count). The summed E-state index contributed by atoms with van der Waals surface area (Å²) in [5, 5.41) is 3.26. The highest BCUT2D eigenvalue weighted by atomic mass is 16.6. The summed E-state index contributed by atoms with van der Waals surface area (Å²) in [6.07, 6.45) is 2.72. The number of nitrogens with one attached hydrogen (secondary N) is 1. The molecule has 15 heavy (non-hydrogen) atoms. The zero-order valence-corrected chi connectivity index (χ0v) is 9.83. The highest BCUT2D eigenvalue weighted by Crippen LogP contribution is 2.12. The molecule has 1 saturated heterocycles. The van der Waals surface area contributed by atoms with Crippen molar-refractivity contribution < 1.29 is 14.2 Å². The first kappa shape index (κ1) is 12.9. The molecule has 1 fully saturated rings. The molecule has 0 aromatic carbocycles. The summed E-state index contributed by atoms with van der Waals surface area (Å²) in [6.45, 7) is 6.11. The molecule has 1 heterocycles. The fourth-order valence-corrected chi connectivity index (χ4v) is 1.68. The van der Waals surface area contributed by atoms with Gasteiger partial charge in [0.05, 0.1) is 25.4 Å². The number of likely N-dealkylation sites (N-methyl/N-ethyl adjacent to an activating group) is 1. The second-order valence-corrected chi connectivity index (χ2v) is 3.85. The Morgan fingerprint density at radius 1 is 1.53 bits per heavy atom. The lowest BCUT2D eigenvalue weighted by Gasteiger charge is -2.19. The van der Waals surface area contributed by atoms with E-state index < -0.39 is 0 Å². The van der Waals surface area contributed by atoms with Crippen LogP contribution in [0.2, 0.25) is 0 Å². The molecular formula is C11H23NO3. The Bertz CT molecular complexity index is 149. The Morgan fingerprint density at radius 3 is 3.00 bits per heavy atom. The van der Waals surface area contributed by atoms with Crippen LogP contribution in [-0.2, 0) is 14.2 Å². The number of hydrogen-bond donors (Lipinski definition) is 1. The van der Waals surface area contributed by atoms with Crippen molar-refractivity contribution in [3.05, 3.63) is 0 Å². The Kier molecular flexibility index (Phi) is 6.92. The van der Waals surface area contributed by atoms with Gasteiger partial charge in [-0.1, -0.05) is 6.92 Å². The van der Waals surface area contributed by atoms with E-state index in [1.165, 1.54) is 0 Å². The maximum absolute atomic E-state index is 5.76. The molecule has 0 amide bonds. The Morgan fingerprint density at radius 2 is 2.40 bits per heavy atom. The monoisotopic (exact) mass is 217 g/mol. The van der Waals surface area contributed by atoms with E-state index in [9.17, 15) is 0 Å². The predicted molar refractivity (Wildman–Crippen MR) is 59.1 cm³/mol. The van der Waals surface area contributed by atoms with Crippen molar-refractivity contribution in [2.24, 2.45) is 0 Å². The lowest BCUT2D eigenvalue weighted by molar-refractivity contribution is -0.0453. The van der Waals surface area contributed by atoms with Crippen molar-refractivity contribution in [1.82, 2.24) is 5.32 Å². The second kappa shape index (κ2) is 8.05. The first-order valence-corrected chi connectivity index (χ1v) is 5.79. The summed E-state index contributed by atoms with van der Waals surface area (Å²) in [6, 6.07) is 0. The molecule has 0 bridgehead atoms. The minimum absolute atomic E-state index is 0.138. The fraction of sp³-hybridized carbons (Fsp3) is 1.00. The SMILES string of the molecule is CCNCC(COC)OCC1CCCO1. The van der Waals surface area contributed by atoms with Crippen LogP contribution in [0.5, 0.6) is 0 Å². The topological polar surface area (TPSA) is 39.7 Å². The van der Waals surface area contributed by atoms with Crippen molar-refractivity contribution in [1.29, 1.82) is 0 Å². The van der Waals surface area contributed by atoms with Crippen molar-refractivity contribution in [2.45, 2.75) is 32.0 Å². The van der Waals surface area contributed by atoms with Crippen LogP contribution in [0.3, 0.4) is 0 Å². The van der Waals surface area contributed by atoms with E-state index in [0.29, 0.717) is 19.3 Å². The van der Waals surface area contributed by atoms with Crippen LogP contribution in [0.4, 0.5) is 0 Å². The van der Waals surface area contributed by atoms with E-state index in [2.05, 4.69) is 12.2 Å². The van der Waals surface area contributed by atoms with Crippen LogP contribution in [0, 0.1) is 0 Å². The number of rotatable bonds is 8. The highest BCUT2D eigenvalue weighted by molar-refractivity contribution is 4.66. The predicted octanol–water partition coefficient (Wildman–Crippen LogP) is 0.806. The Labute approximate surface area is 92.3 Å². The van der Waals surface area contributed by atoms with Crippen LogP contribution in [0.25, 0.3) is 0 Å². The molecule has 0 aliphatic carbocycles. The third-order valence-corrected chi connectivity index (χ3v) is 2.52. The van der Waals surface area contributed by atoms with Gasteiger partial charge in [-0.3, -0.25) is 0 Å². The van der Waals surface area contributed by atoms with E-state index in [-0.39, 0.29) is 6.10 Å². The quantitative estimate of drug-likeness (QED) is 0.653. The molecule has 0 aromatic heterocycles. The number of hydrogen-bond acceptors (Lipinski definition) is 4. The van der Waals surface area contributed by atoms with Crippen LogP contribution < -0.4 is 5.32 Å². The van der Waals surface area contributed by atoms with E-state index in [1.807, 2.05) is 0 Å². The Hall–Kier alpha value is -0.160.